The molecule has 6 heteroatoms. The van der Waals surface area contributed by atoms with E-state index in [1.54, 1.807) is 25.1 Å². The summed E-state index contributed by atoms with van der Waals surface area (Å²) in [5, 5.41) is 0.740. The summed E-state index contributed by atoms with van der Waals surface area (Å²) in [7, 11) is -3.87. The first-order chi connectivity index (χ1) is 7.53. The van der Waals surface area contributed by atoms with Gasteiger partial charge in [0.2, 0.25) is 0 Å². The maximum atomic E-state index is 11.4. The van der Waals surface area contributed by atoms with Gasteiger partial charge in [-0.2, -0.15) is 8.42 Å². The molecule has 0 fully saturated rings. The zero-order chi connectivity index (χ0) is 12.0. The van der Waals surface area contributed by atoms with Gasteiger partial charge in [-0.1, -0.05) is 18.2 Å². The molecule has 5 nitrogen and oxygen atoms in total. The molecule has 1 aromatic carbocycles. The van der Waals surface area contributed by atoms with Gasteiger partial charge in [-0.25, -0.2) is 0 Å². The average Bonchev–Trinajstić information content (AvgIpc) is 2.17. The Balaban J connectivity index is 2.77. The Morgan fingerprint density at radius 1 is 1.38 bits per heavy atom. The number of hydrogen-bond donors (Lipinski definition) is 1. The Hall–Kier alpha value is -1.69. The van der Waals surface area contributed by atoms with Crippen LogP contribution in [0.4, 0.5) is 0 Å². The van der Waals surface area contributed by atoms with E-state index in [1.807, 2.05) is 0 Å². The van der Waals surface area contributed by atoms with E-state index in [0.717, 1.165) is 5.41 Å². The van der Waals surface area contributed by atoms with Gasteiger partial charge >= 0.3 is 10.1 Å². The van der Waals surface area contributed by atoms with Crippen LogP contribution < -0.4 is 9.92 Å². The summed E-state index contributed by atoms with van der Waals surface area (Å²) >= 11 is 0. The van der Waals surface area contributed by atoms with Crippen molar-refractivity contribution in [2.24, 2.45) is 5.73 Å². The number of para-hydroxylation sites is 1. The monoisotopic (exact) mass is 243 g/mol. The van der Waals surface area contributed by atoms with E-state index in [9.17, 15) is 8.42 Å². The molecule has 0 aliphatic heterocycles. The fraction of sp³-hybridized carbons (Fsp3) is 0.200. The van der Waals surface area contributed by atoms with Crippen molar-refractivity contribution in [2.75, 3.05) is 6.61 Å². The van der Waals surface area contributed by atoms with Crippen molar-refractivity contribution in [1.82, 2.24) is 0 Å². The molecule has 2 N–H and O–H groups in total. The topological polar surface area (TPSA) is 78.6 Å². The molecule has 16 heavy (non-hydrogen) atoms. The molecule has 0 bridgehead atoms. The highest BCUT2D eigenvalue weighted by atomic mass is 32.2. The van der Waals surface area contributed by atoms with Crippen LogP contribution in [0.2, 0.25) is 0 Å². The van der Waals surface area contributed by atoms with Crippen molar-refractivity contribution < 1.29 is 17.3 Å². The number of benzene rings is 1. The molecule has 0 aromatic heterocycles. The molecule has 0 amide bonds. The SMILES string of the molecule is CCO/C(N)=C/S(=O)(=O)Oc1ccccc1. The molecule has 0 radical (unpaired) electrons. The van der Waals surface area contributed by atoms with Crippen molar-refractivity contribution in [3.05, 3.63) is 41.6 Å². The zero-order valence-corrected chi connectivity index (χ0v) is 9.61. The van der Waals surface area contributed by atoms with E-state index in [1.165, 1.54) is 12.1 Å². The van der Waals surface area contributed by atoms with Crippen molar-refractivity contribution >= 4 is 10.1 Å². The lowest BCUT2D eigenvalue weighted by Gasteiger charge is -2.04. The second-order valence-electron chi connectivity index (χ2n) is 2.84. The number of ether oxygens (including phenoxy) is 1. The van der Waals surface area contributed by atoms with E-state index >= 15 is 0 Å². The lowest BCUT2D eigenvalue weighted by molar-refractivity contribution is 0.227. The van der Waals surface area contributed by atoms with Crippen LogP contribution in [-0.2, 0) is 14.9 Å². The first-order valence-corrected chi connectivity index (χ1v) is 6.10. The van der Waals surface area contributed by atoms with Crippen LogP contribution in [0.15, 0.2) is 41.6 Å². The molecular weight excluding hydrogens is 230 g/mol. The largest absolute Gasteiger partial charge is 0.479 e. The fourth-order valence-corrected chi connectivity index (χ4v) is 1.76. The molecule has 1 rings (SSSR count). The van der Waals surface area contributed by atoms with Gasteiger partial charge in [-0.05, 0) is 19.1 Å². The fourth-order valence-electron chi connectivity index (χ4n) is 0.977. The Morgan fingerprint density at radius 3 is 2.56 bits per heavy atom. The van der Waals surface area contributed by atoms with E-state index in [4.69, 9.17) is 14.7 Å². The van der Waals surface area contributed by atoms with Crippen molar-refractivity contribution in [3.8, 4) is 5.75 Å². The van der Waals surface area contributed by atoms with Crippen molar-refractivity contribution in [3.63, 3.8) is 0 Å². The molecule has 1 aromatic rings. The minimum Gasteiger partial charge on any atom is -0.479 e. The predicted octanol–water partition coefficient (Wildman–Crippen LogP) is 1.19. The van der Waals surface area contributed by atoms with Crippen LogP contribution in [0.1, 0.15) is 6.92 Å². The summed E-state index contributed by atoms with van der Waals surface area (Å²) in [6.45, 7) is 1.99. The molecule has 0 saturated heterocycles. The van der Waals surface area contributed by atoms with Crippen molar-refractivity contribution in [2.45, 2.75) is 6.92 Å². The molecule has 0 unspecified atom stereocenters. The second kappa shape index (κ2) is 5.41. The molecule has 0 atom stereocenters. The standard InChI is InChI=1S/C10H13NO4S/c1-2-14-10(11)8-16(12,13)15-9-6-4-3-5-7-9/h3-8H,2,11H2,1H3/b10-8+. The maximum absolute atomic E-state index is 11.4. The van der Waals surface area contributed by atoms with E-state index in [0.29, 0.717) is 6.61 Å². The molecule has 0 heterocycles. The van der Waals surface area contributed by atoms with Crippen LogP contribution in [-0.4, -0.2) is 15.0 Å². The minimum absolute atomic E-state index is 0.196. The minimum atomic E-state index is -3.87. The summed E-state index contributed by atoms with van der Waals surface area (Å²) in [5.74, 6) is 0.0291. The van der Waals surface area contributed by atoms with Crippen LogP contribution in [0.25, 0.3) is 0 Å². The zero-order valence-electron chi connectivity index (χ0n) is 8.79. The number of rotatable bonds is 5. The lowest BCUT2D eigenvalue weighted by atomic mass is 10.3. The van der Waals surface area contributed by atoms with E-state index < -0.39 is 10.1 Å². The van der Waals surface area contributed by atoms with Crippen LogP contribution in [0.3, 0.4) is 0 Å². The quantitative estimate of drug-likeness (QED) is 0.620. The van der Waals surface area contributed by atoms with E-state index in [-0.39, 0.29) is 11.6 Å². The summed E-state index contributed by atoms with van der Waals surface area (Å²) in [5.41, 5.74) is 5.30. The third kappa shape index (κ3) is 4.22. The van der Waals surface area contributed by atoms with Gasteiger partial charge in [0.25, 0.3) is 0 Å². The Labute approximate surface area is 94.6 Å². The van der Waals surface area contributed by atoms with Gasteiger partial charge in [-0.3, -0.25) is 0 Å². The second-order valence-corrected chi connectivity index (χ2v) is 4.23. The summed E-state index contributed by atoms with van der Waals surface area (Å²) in [6.07, 6.45) is 0. The lowest BCUT2D eigenvalue weighted by Crippen LogP contribution is -2.11. The Kier molecular flexibility index (Phi) is 4.19. The molecular formula is C10H13NO4S. The van der Waals surface area contributed by atoms with Gasteiger partial charge < -0.3 is 14.7 Å². The molecule has 0 aliphatic rings. The van der Waals surface area contributed by atoms with Gasteiger partial charge in [0.1, 0.15) is 11.2 Å². The molecule has 0 spiro atoms. The Morgan fingerprint density at radius 2 is 2.00 bits per heavy atom. The summed E-state index contributed by atoms with van der Waals surface area (Å²) < 4.78 is 32.4. The molecule has 0 aliphatic carbocycles. The maximum Gasteiger partial charge on any atom is 0.337 e. The third-order valence-corrected chi connectivity index (χ3v) is 2.47. The van der Waals surface area contributed by atoms with Crippen LogP contribution in [0, 0.1) is 0 Å². The first kappa shape index (κ1) is 12.4. The first-order valence-electron chi connectivity index (χ1n) is 4.63. The summed E-state index contributed by atoms with van der Waals surface area (Å²) in [6, 6.07) is 8.15. The van der Waals surface area contributed by atoms with Gasteiger partial charge in [0.05, 0.1) is 6.61 Å². The predicted molar refractivity (Wildman–Crippen MR) is 59.9 cm³/mol. The molecule has 0 saturated carbocycles. The normalized spacial score (nSPS) is 12.2. The Bertz CT molecular complexity index is 453. The highest BCUT2D eigenvalue weighted by molar-refractivity contribution is 7.90. The van der Waals surface area contributed by atoms with Crippen LogP contribution in [0.5, 0.6) is 5.75 Å². The van der Waals surface area contributed by atoms with Gasteiger partial charge in [-0.15, -0.1) is 0 Å². The number of nitrogens with two attached hydrogens (primary N) is 1. The van der Waals surface area contributed by atoms with E-state index in [2.05, 4.69) is 0 Å². The number of hydrogen-bond acceptors (Lipinski definition) is 5. The average molecular weight is 243 g/mol. The molecule has 88 valence electrons. The van der Waals surface area contributed by atoms with Gasteiger partial charge in [0.15, 0.2) is 5.88 Å². The van der Waals surface area contributed by atoms with Crippen molar-refractivity contribution in [1.29, 1.82) is 0 Å². The highest BCUT2D eigenvalue weighted by Gasteiger charge is 2.10. The highest BCUT2D eigenvalue weighted by Crippen LogP contribution is 2.12. The van der Waals surface area contributed by atoms with Crippen LogP contribution >= 0.6 is 0 Å². The summed E-state index contributed by atoms with van der Waals surface area (Å²) in [4.78, 5) is 0. The smallest absolute Gasteiger partial charge is 0.337 e. The third-order valence-electron chi connectivity index (χ3n) is 1.53. The van der Waals surface area contributed by atoms with Gasteiger partial charge in [0, 0.05) is 0 Å².